The van der Waals surface area contributed by atoms with E-state index in [2.05, 4.69) is 34.4 Å². The van der Waals surface area contributed by atoms with Crippen LogP contribution in [0.4, 0.5) is 5.69 Å². The Hall–Kier alpha value is -2.57. The molecule has 7 heteroatoms. The normalized spacial score (nSPS) is 17.5. The van der Waals surface area contributed by atoms with E-state index in [0.717, 1.165) is 78.2 Å². The highest BCUT2D eigenvalue weighted by atomic mass is 35.5. The summed E-state index contributed by atoms with van der Waals surface area (Å²) < 4.78 is 0. The molecule has 164 valence electrons. The zero-order valence-electron chi connectivity index (χ0n) is 18.3. The largest absolute Gasteiger partial charge is 0.358 e. The second-order valence-corrected chi connectivity index (χ2v) is 8.55. The summed E-state index contributed by atoms with van der Waals surface area (Å²) in [5.74, 6) is -0.158. The molecule has 3 N–H and O–H groups in total. The highest BCUT2D eigenvalue weighted by Gasteiger charge is 2.33. The number of nitrogens with one attached hydrogen (secondary N) is 3. The summed E-state index contributed by atoms with van der Waals surface area (Å²) in [5, 5.41) is 6.60. The molecule has 0 atom stereocenters. The number of halogens is 1. The Labute approximate surface area is 188 Å². The molecule has 2 aromatic rings. The number of anilines is 1. The topological polar surface area (TPSA) is 77.2 Å². The highest BCUT2D eigenvalue weighted by molar-refractivity contribution is 6.38. The molecule has 0 bridgehead atoms. The number of carbonyl (C=O) groups is 2. The van der Waals surface area contributed by atoms with Gasteiger partial charge in [0.1, 0.15) is 0 Å². The fourth-order valence-corrected chi connectivity index (χ4v) is 4.88. The van der Waals surface area contributed by atoms with Crippen LogP contribution in [-0.4, -0.2) is 47.9 Å². The summed E-state index contributed by atoms with van der Waals surface area (Å²) in [6.07, 6.45) is 2.52. The third-order valence-electron chi connectivity index (χ3n) is 6.31. The van der Waals surface area contributed by atoms with Crippen molar-refractivity contribution in [3.63, 3.8) is 0 Å². The molecule has 0 saturated heterocycles. The number of aryl methyl sites for hydroxylation is 1. The fourth-order valence-electron chi connectivity index (χ4n) is 4.71. The molecule has 0 fully saturated rings. The summed E-state index contributed by atoms with van der Waals surface area (Å²) in [7, 11) is 0. The molecule has 4 rings (SSSR count). The molecule has 2 amide bonds. The molecule has 0 radical (unpaired) electrons. The quantitative estimate of drug-likeness (QED) is 0.588. The molecule has 0 spiro atoms. The molecular weight excluding hydrogens is 412 g/mol. The maximum absolute atomic E-state index is 13.0. The van der Waals surface area contributed by atoms with Gasteiger partial charge in [0.05, 0.1) is 16.8 Å². The van der Waals surface area contributed by atoms with Crippen molar-refractivity contribution in [1.29, 1.82) is 0 Å². The van der Waals surface area contributed by atoms with Crippen LogP contribution in [0.5, 0.6) is 0 Å². The van der Waals surface area contributed by atoms with Gasteiger partial charge in [-0.05, 0) is 62.5 Å². The van der Waals surface area contributed by atoms with Crippen molar-refractivity contribution in [2.75, 3.05) is 31.5 Å². The number of aromatic nitrogens is 1. The second kappa shape index (κ2) is 8.89. The van der Waals surface area contributed by atoms with Crippen LogP contribution in [0.1, 0.15) is 59.6 Å². The molecular formula is C24H29ClN4O2. The van der Waals surface area contributed by atoms with Gasteiger partial charge in [-0.25, -0.2) is 0 Å². The van der Waals surface area contributed by atoms with Crippen molar-refractivity contribution in [2.45, 2.75) is 40.0 Å². The van der Waals surface area contributed by atoms with Gasteiger partial charge in [-0.1, -0.05) is 31.5 Å². The first-order valence-electron chi connectivity index (χ1n) is 11.0. The van der Waals surface area contributed by atoms with E-state index in [1.807, 2.05) is 13.0 Å². The zero-order valence-corrected chi connectivity index (χ0v) is 19.1. The van der Waals surface area contributed by atoms with Gasteiger partial charge in [0.2, 0.25) is 0 Å². The van der Waals surface area contributed by atoms with E-state index in [0.29, 0.717) is 17.1 Å². The molecule has 0 saturated carbocycles. The lowest BCUT2D eigenvalue weighted by Crippen LogP contribution is -2.35. The number of allylic oxidation sites excluding steroid dienone is 1. The third kappa shape index (κ3) is 4.02. The Morgan fingerprint density at radius 3 is 2.74 bits per heavy atom. The Kier molecular flexibility index (Phi) is 6.21. The summed E-state index contributed by atoms with van der Waals surface area (Å²) in [6, 6.07) is 5.48. The van der Waals surface area contributed by atoms with E-state index in [9.17, 15) is 9.59 Å². The molecule has 2 heterocycles. The lowest BCUT2D eigenvalue weighted by Gasteiger charge is -2.19. The average Bonchev–Trinajstić information content (AvgIpc) is 3.25. The number of hydrogen-bond acceptors (Lipinski definition) is 3. The van der Waals surface area contributed by atoms with E-state index in [4.69, 9.17) is 11.6 Å². The van der Waals surface area contributed by atoms with E-state index < -0.39 is 0 Å². The Morgan fingerprint density at radius 1 is 1.23 bits per heavy atom. The minimum absolute atomic E-state index is 0.0449. The van der Waals surface area contributed by atoms with Crippen molar-refractivity contribution >= 4 is 40.2 Å². The predicted molar refractivity (Wildman–Crippen MR) is 125 cm³/mol. The smallest absolute Gasteiger partial charge is 0.256 e. The van der Waals surface area contributed by atoms with Gasteiger partial charge in [0.25, 0.3) is 11.8 Å². The van der Waals surface area contributed by atoms with Gasteiger partial charge in [0, 0.05) is 35.1 Å². The van der Waals surface area contributed by atoms with Crippen molar-refractivity contribution < 1.29 is 9.59 Å². The molecule has 1 aliphatic heterocycles. The van der Waals surface area contributed by atoms with Crippen molar-refractivity contribution in [1.82, 2.24) is 15.2 Å². The summed E-state index contributed by atoms with van der Waals surface area (Å²) >= 11 is 6.10. The van der Waals surface area contributed by atoms with Crippen LogP contribution < -0.4 is 10.6 Å². The molecule has 6 nitrogen and oxygen atoms in total. The van der Waals surface area contributed by atoms with Crippen molar-refractivity contribution in [3.05, 3.63) is 51.3 Å². The van der Waals surface area contributed by atoms with Gasteiger partial charge in [-0.3, -0.25) is 9.59 Å². The number of benzene rings is 1. The number of hydrogen-bond donors (Lipinski definition) is 3. The van der Waals surface area contributed by atoms with Crippen LogP contribution >= 0.6 is 11.6 Å². The van der Waals surface area contributed by atoms with Crippen LogP contribution in [0.25, 0.3) is 11.1 Å². The summed E-state index contributed by atoms with van der Waals surface area (Å²) in [6.45, 7) is 9.57. The lowest BCUT2D eigenvalue weighted by atomic mass is 9.86. The van der Waals surface area contributed by atoms with Gasteiger partial charge >= 0.3 is 0 Å². The maximum Gasteiger partial charge on any atom is 0.256 e. The third-order valence-corrected chi connectivity index (χ3v) is 6.54. The SMILES string of the molecule is CCN(CC)CCNC(=O)c1c(C)[nH]c2c1CCCC2=C1C(=O)Nc2cc(Cl)ccc21. The first kappa shape index (κ1) is 21.7. The number of nitrogens with zero attached hydrogens (tertiary/aromatic N) is 1. The van der Waals surface area contributed by atoms with E-state index in [-0.39, 0.29) is 11.8 Å². The number of amides is 2. The second-order valence-electron chi connectivity index (χ2n) is 8.11. The van der Waals surface area contributed by atoms with Crippen LogP contribution in [0.15, 0.2) is 18.2 Å². The molecule has 1 aromatic heterocycles. The summed E-state index contributed by atoms with van der Waals surface area (Å²) in [5.41, 5.74) is 6.78. The number of carbonyl (C=O) groups excluding carboxylic acids is 2. The first-order valence-corrected chi connectivity index (χ1v) is 11.4. The van der Waals surface area contributed by atoms with Gasteiger partial charge in [-0.2, -0.15) is 0 Å². The van der Waals surface area contributed by atoms with Crippen molar-refractivity contribution in [3.8, 4) is 0 Å². The monoisotopic (exact) mass is 440 g/mol. The van der Waals surface area contributed by atoms with Gasteiger partial charge in [-0.15, -0.1) is 0 Å². The molecule has 0 unspecified atom stereocenters. The minimum atomic E-state index is -0.113. The number of likely N-dealkylation sites (N-methyl/N-ethyl adjacent to an activating group) is 1. The minimum Gasteiger partial charge on any atom is -0.358 e. The molecule has 1 aliphatic carbocycles. The summed E-state index contributed by atoms with van der Waals surface area (Å²) in [4.78, 5) is 31.6. The Morgan fingerprint density at radius 2 is 2.00 bits per heavy atom. The lowest BCUT2D eigenvalue weighted by molar-refractivity contribution is -0.110. The molecule has 1 aromatic carbocycles. The van der Waals surface area contributed by atoms with E-state index in [1.165, 1.54) is 0 Å². The zero-order chi connectivity index (χ0) is 22.1. The Balaban J connectivity index is 1.67. The fraction of sp³-hybridized carbons (Fsp3) is 0.417. The van der Waals surface area contributed by atoms with Gasteiger partial charge in [0.15, 0.2) is 0 Å². The molecule has 31 heavy (non-hydrogen) atoms. The van der Waals surface area contributed by atoms with Gasteiger partial charge < -0.3 is 20.5 Å². The number of aromatic amines is 1. The average molecular weight is 441 g/mol. The van der Waals surface area contributed by atoms with E-state index in [1.54, 1.807) is 12.1 Å². The maximum atomic E-state index is 13.0. The predicted octanol–water partition coefficient (Wildman–Crippen LogP) is 4.25. The highest BCUT2D eigenvalue weighted by Crippen LogP contribution is 2.43. The van der Waals surface area contributed by atoms with Crippen LogP contribution in [0.2, 0.25) is 5.02 Å². The van der Waals surface area contributed by atoms with Crippen LogP contribution in [0.3, 0.4) is 0 Å². The molecule has 2 aliphatic rings. The number of rotatable bonds is 6. The van der Waals surface area contributed by atoms with Crippen molar-refractivity contribution in [2.24, 2.45) is 0 Å². The van der Waals surface area contributed by atoms with Crippen LogP contribution in [0, 0.1) is 6.92 Å². The van der Waals surface area contributed by atoms with Crippen LogP contribution in [-0.2, 0) is 11.2 Å². The Bertz CT molecular complexity index is 1070. The number of fused-ring (bicyclic) bond motifs is 2. The van der Waals surface area contributed by atoms with E-state index >= 15 is 0 Å². The first-order chi connectivity index (χ1) is 14.9. The standard InChI is InChI=1S/C24H29ClN4O2/c1-4-29(5-2)12-11-26-23(30)20-14(3)27-22-17(20)7-6-8-18(22)21-16-10-9-15(25)13-19(16)28-24(21)31/h9-10,13,27H,4-8,11-12H2,1-3H3,(H,26,30)(H,28,31). The number of H-pyrrole nitrogens is 1.